The Bertz CT molecular complexity index is 1330. The van der Waals surface area contributed by atoms with Gasteiger partial charge in [-0.3, -0.25) is 10.2 Å². The molecule has 1 amide bonds. The minimum Gasteiger partial charge on any atom is -0.421 e. The molecule has 0 radical (unpaired) electrons. The number of ether oxygens (including phenoxy) is 1. The van der Waals surface area contributed by atoms with E-state index in [-0.39, 0.29) is 21.0 Å². The number of hydrogen-bond donors (Lipinski definition) is 1. The van der Waals surface area contributed by atoms with Gasteiger partial charge >= 0.3 is 5.97 Å². The summed E-state index contributed by atoms with van der Waals surface area (Å²) in [7, 11) is -3.60. The number of benzene rings is 1. The number of halogens is 1. The topological polar surface area (TPSA) is 129 Å². The summed E-state index contributed by atoms with van der Waals surface area (Å²) in [5, 5.41) is 15.0. The van der Waals surface area contributed by atoms with Gasteiger partial charge in [0, 0.05) is 6.26 Å². The Kier molecular flexibility index (Phi) is 5.68. The summed E-state index contributed by atoms with van der Waals surface area (Å²) >= 11 is 5.32. The molecular weight excluding hydrogens is 528 g/mol. The van der Waals surface area contributed by atoms with E-state index >= 15 is 0 Å². The predicted octanol–water partition coefficient (Wildman–Crippen LogP) is 3.35. The zero-order chi connectivity index (χ0) is 22.3. The smallest absolute Gasteiger partial charge is 0.353 e. The Labute approximate surface area is 193 Å². The van der Waals surface area contributed by atoms with E-state index in [0.717, 1.165) is 23.0 Å². The molecule has 0 saturated carbocycles. The zero-order valence-corrected chi connectivity index (χ0v) is 19.6. The lowest BCUT2D eigenvalue weighted by molar-refractivity contribution is -0.114. The summed E-state index contributed by atoms with van der Waals surface area (Å²) in [4.78, 5) is 28.8. The normalized spacial score (nSPS) is 17.5. The molecule has 1 aromatic heterocycles. The maximum atomic E-state index is 12.4. The van der Waals surface area contributed by atoms with Crippen LogP contribution >= 0.6 is 39.0 Å². The second-order valence-electron chi connectivity index (χ2n) is 6.21. The van der Waals surface area contributed by atoms with Gasteiger partial charge in [-0.25, -0.2) is 13.2 Å². The predicted molar refractivity (Wildman–Crippen MR) is 123 cm³/mol. The first-order valence-electron chi connectivity index (χ1n) is 8.39. The van der Waals surface area contributed by atoms with E-state index in [0.29, 0.717) is 20.7 Å². The van der Waals surface area contributed by atoms with Crippen molar-refractivity contribution >= 4 is 82.2 Å². The third-order valence-corrected chi connectivity index (χ3v) is 7.99. The molecule has 2 aromatic rings. The molecule has 3 heterocycles. The summed E-state index contributed by atoms with van der Waals surface area (Å²) in [6.45, 7) is 0. The van der Waals surface area contributed by atoms with Crippen molar-refractivity contribution in [2.45, 2.75) is 0 Å². The lowest BCUT2D eigenvalue weighted by Gasteiger charge is -2.20. The summed E-state index contributed by atoms with van der Waals surface area (Å²) in [5.74, 6) is -1.16. The number of thiophene rings is 1. The molecule has 31 heavy (non-hydrogen) atoms. The minimum absolute atomic E-state index is 0.0181. The van der Waals surface area contributed by atoms with Gasteiger partial charge in [-0.2, -0.15) is 10.0 Å². The van der Waals surface area contributed by atoms with Crippen LogP contribution in [0.4, 0.5) is 0 Å². The van der Waals surface area contributed by atoms with Gasteiger partial charge in [-0.15, -0.1) is 16.4 Å². The molecule has 2 aliphatic rings. The summed E-state index contributed by atoms with van der Waals surface area (Å²) in [6.07, 6.45) is 2.42. The van der Waals surface area contributed by atoms with E-state index in [2.05, 4.69) is 26.0 Å². The van der Waals surface area contributed by atoms with Gasteiger partial charge in [0.05, 0.1) is 10.0 Å². The van der Waals surface area contributed by atoms with Crippen LogP contribution in [0.15, 0.2) is 55.9 Å². The van der Waals surface area contributed by atoms with Crippen molar-refractivity contribution in [2.24, 2.45) is 10.1 Å². The summed E-state index contributed by atoms with van der Waals surface area (Å²) in [6, 6.07) is 8.19. The lowest BCUT2D eigenvalue weighted by atomic mass is 10.1. The van der Waals surface area contributed by atoms with Crippen LogP contribution in [0.5, 0.6) is 5.75 Å². The van der Waals surface area contributed by atoms with Gasteiger partial charge in [0.1, 0.15) is 10.6 Å². The number of carbonyl (C=O) groups is 2. The van der Waals surface area contributed by atoms with Crippen LogP contribution in [-0.4, -0.2) is 46.9 Å². The van der Waals surface area contributed by atoms with Crippen molar-refractivity contribution in [3.63, 3.8) is 0 Å². The Morgan fingerprint density at radius 1 is 1.32 bits per heavy atom. The van der Waals surface area contributed by atoms with Gasteiger partial charge < -0.3 is 4.74 Å². The highest BCUT2D eigenvalue weighted by Gasteiger charge is 2.38. The number of aliphatic imine (C=N–C) groups is 1. The number of amides is 1. The first kappa shape index (κ1) is 21.6. The van der Waals surface area contributed by atoms with Crippen molar-refractivity contribution in [1.29, 1.82) is 5.41 Å². The first-order chi connectivity index (χ1) is 14.6. The quantitative estimate of drug-likeness (QED) is 0.360. The van der Waals surface area contributed by atoms with Crippen molar-refractivity contribution in [3.8, 4) is 5.75 Å². The summed E-state index contributed by atoms with van der Waals surface area (Å²) < 4.78 is 29.0. The first-order valence-corrected chi connectivity index (χ1v) is 12.8. The molecule has 4 rings (SSSR count). The van der Waals surface area contributed by atoms with Crippen LogP contribution in [0.25, 0.3) is 6.08 Å². The molecule has 0 spiro atoms. The molecule has 0 bridgehead atoms. The molecule has 9 nitrogen and oxygen atoms in total. The number of nitrogens with one attached hydrogen (secondary N) is 1. The van der Waals surface area contributed by atoms with Crippen LogP contribution in [0.3, 0.4) is 0 Å². The average molecular weight is 539 g/mol. The maximum absolute atomic E-state index is 12.4. The molecule has 0 aliphatic carbocycles. The second kappa shape index (κ2) is 8.15. The number of sulfone groups is 1. The SMILES string of the molecule is CS(=O)(=O)C1=NN2C(=N)/C(=C/c3ccc(OC(=O)c4cccs4)c(Br)c3)C(=O)N=C2S1. The van der Waals surface area contributed by atoms with Crippen molar-refractivity contribution < 1.29 is 22.7 Å². The van der Waals surface area contributed by atoms with Crippen molar-refractivity contribution in [3.05, 3.63) is 56.2 Å². The molecule has 2 aliphatic heterocycles. The number of nitrogens with zero attached hydrogens (tertiary/aromatic N) is 3. The van der Waals surface area contributed by atoms with Crippen LogP contribution < -0.4 is 4.74 Å². The van der Waals surface area contributed by atoms with E-state index in [4.69, 9.17) is 10.1 Å². The van der Waals surface area contributed by atoms with Crippen LogP contribution in [0.1, 0.15) is 15.2 Å². The van der Waals surface area contributed by atoms with Gasteiger partial charge in [-0.05, 0) is 62.9 Å². The highest BCUT2D eigenvalue weighted by molar-refractivity contribution is 9.10. The molecule has 0 unspecified atom stereocenters. The fourth-order valence-electron chi connectivity index (χ4n) is 2.53. The highest BCUT2D eigenvalue weighted by Crippen LogP contribution is 2.32. The monoisotopic (exact) mass is 538 g/mol. The van der Waals surface area contributed by atoms with E-state index in [1.54, 1.807) is 35.7 Å². The number of carbonyl (C=O) groups excluding carboxylic acids is 2. The van der Waals surface area contributed by atoms with E-state index < -0.39 is 21.7 Å². The second-order valence-corrected chi connectivity index (χ2v) is 11.2. The van der Waals surface area contributed by atoms with Crippen LogP contribution in [0.2, 0.25) is 0 Å². The van der Waals surface area contributed by atoms with Crippen molar-refractivity contribution in [2.75, 3.05) is 6.26 Å². The Morgan fingerprint density at radius 3 is 2.74 bits per heavy atom. The van der Waals surface area contributed by atoms with Gasteiger partial charge in [-0.1, -0.05) is 12.1 Å². The number of rotatable bonds is 3. The Morgan fingerprint density at radius 2 is 2.10 bits per heavy atom. The molecule has 0 atom stereocenters. The van der Waals surface area contributed by atoms with Crippen LogP contribution in [0, 0.1) is 5.41 Å². The van der Waals surface area contributed by atoms with Gasteiger partial charge in [0.15, 0.2) is 5.84 Å². The number of thioether (sulfide) groups is 1. The van der Waals surface area contributed by atoms with Crippen molar-refractivity contribution in [1.82, 2.24) is 5.01 Å². The molecule has 1 N–H and O–H groups in total. The minimum atomic E-state index is -3.60. The van der Waals surface area contributed by atoms with Gasteiger partial charge in [0.25, 0.3) is 5.91 Å². The Balaban J connectivity index is 1.59. The lowest BCUT2D eigenvalue weighted by Crippen LogP contribution is -2.35. The van der Waals surface area contributed by atoms with E-state index in [1.807, 2.05) is 0 Å². The average Bonchev–Trinajstić information content (AvgIpc) is 3.36. The fraction of sp³-hybridized carbons (Fsp3) is 0.0556. The van der Waals surface area contributed by atoms with E-state index in [9.17, 15) is 18.0 Å². The molecule has 1 aromatic carbocycles. The third-order valence-electron chi connectivity index (χ3n) is 3.95. The summed E-state index contributed by atoms with van der Waals surface area (Å²) in [5.41, 5.74) is 0.479. The Hall–Kier alpha value is -2.61. The molecule has 13 heteroatoms. The standard InChI is InChI=1S/C18H11BrN4O5S3/c1-31(26,27)18-22-23-14(20)10(15(24)21-17(23)30-18)7-9-4-5-12(11(19)8-9)28-16(25)13-3-2-6-29-13/h2-8,20H,1H3/b10-7-,20-14?. The molecular formula is C18H11BrN4O5S3. The third kappa shape index (κ3) is 4.39. The van der Waals surface area contributed by atoms with E-state index in [1.165, 1.54) is 17.4 Å². The van der Waals surface area contributed by atoms with Crippen LogP contribution in [-0.2, 0) is 14.6 Å². The number of esters is 1. The number of hydrogen-bond acceptors (Lipinski definition) is 9. The maximum Gasteiger partial charge on any atom is 0.353 e. The molecule has 0 fully saturated rings. The number of fused-ring (bicyclic) bond motifs is 1. The number of hydrazone groups is 1. The fourth-order valence-corrected chi connectivity index (χ4v) is 5.29. The van der Waals surface area contributed by atoms with Gasteiger partial charge in [0.2, 0.25) is 19.4 Å². The highest BCUT2D eigenvalue weighted by atomic mass is 79.9. The number of amidine groups is 2. The molecule has 158 valence electrons. The largest absolute Gasteiger partial charge is 0.421 e. The molecule has 0 saturated heterocycles. The zero-order valence-electron chi connectivity index (χ0n) is 15.5.